The Hall–Kier alpha value is -0.945. The first-order chi connectivity index (χ1) is 8.61. The molecule has 0 bridgehead atoms. The Labute approximate surface area is 119 Å². The SMILES string of the molecule is O=C(ON1C(=O)CCC1=O)c1ccc[c]([Hg][Cl])c1. The van der Waals surface area contributed by atoms with E-state index in [1.807, 2.05) is 6.07 Å². The molecular weight excluding hydrogens is 446 g/mol. The Morgan fingerprint density at radius 3 is 2.56 bits per heavy atom. The summed E-state index contributed by atoms with van der Waals surface area (Å²) < 4.78 is 0.977. The molecule has 0 radical (unpaired) electrons. The summed E-state index contributed by atoms with van der Waals surface area (Å²) in [5, 5.41) is 0.542. The predicted octanol–water partition coefficient (Wildman–Crippen LogP) is 0.769. The van der Waals surface area contributed by atoms with Crippen LogP contribution in [0.25, 0.3) is 0 Å². The number of rotatable bonds is 3. The number of amides is 2. The number of hydrogen-bond acceptors (Lipinski definition) is 4. The van der Waals surface area contributed by atoms with Crippen LogP contribution in [0.4, 0.5) is 0 Å². The van der Waals surface area contributed by atoms with E-state index in [4.69, 9.17) is 13.1 Å². The zero-order valence-corrected chi connectivity index (χ0v) is 15.6. The van der Waals surface area contributed by atoms with Gasteiger partial charge < -0.3 is 0 Å². The molecule has 1 aliphatic heterocycles. The van der Waals surface area contributed by atoms with E-state index in [0.717, 1.165) is 3.07 Å². The van der Waals surface area contributed by atoms with E-state index in [9.17, 15) is 14.4 Å². The Morgan fingerprint density at radius 1 is 1.28 bits per heavy atom. The maximum atomic E-state index is 11.8. The van der Waals surface area contributed by atoms with Crippen LogP contribution >= 0.6 is 8.25 Å². The molecule has 0 saturated carbocycles. The second-order valence-electron chi connectivity index (χ2n) is 3.79. The average molecular weight is 454 g/mol. The van der Waals surface area contributed by atoms with Gasteiger partial charge in [-0.3, -0.25) is 0 Å². The summed E-state index contributed by atoms with van der Waals surface area (Å²) in [5.41, 5.74) is 0.306. The van der Waals surface area contributed by atoms with E-state index in [1.165, 1.54) is 0 Å². The number of benzene rings is 1. The summed E-state index contributed by atoms with van der Waals surface area (Å²) >= 11 is -1.59. The summed E-state index contributed by atoms with van der Waals surface area (Å²) in [6.45, 7) is 0. The number of hydroxylamine groups is 2. The van der Waals surface area contributed by atoms with Crippen LogP contribution in [0.2, 0.25) is 0 Å². The third-order valence-corrected chi connectivity index (χ3v) is 8.11. The van der Waals surface area contributed by atoms with Crippen LogP contribution < -0.4 is 3.07 Å². The Kier molecular flexibility index (Phi) is 4.34. The van der Waals surface area contributed by atoms with Gasteiger partial charge in [0, 0.05) is 0 Å². The van der Waals surface area contributed by atoms with Gasteiger partial charge >= 0.3 is 119 Å². The van der Waals surface area contributed by atoms with Gasteiger partial charge in [-0.25, -0.2) is 0 Å². The molecule has 1 aromatic rings. The molecule has 7 heteroatoms. The molecule has 2 amide bonds. The van der Waals surface area contributed by atoms with Crippen molar-refractivity contribution in [3.8, 4) is 0 Å². The fourth-order valence-corrected chi connectivity index (χ4v) is 5.06. The van der Waals surface area contributed by atoms with Gasteiger partial charge in [0.2, 0.25) is 0 Å². The Morgan fingerprint density at radius 2 is 1.94 bits per heavy atom. The van der Waals surface area contributed by atoms with E-state index in [-0.39, 0.29) is 12.8 Å². The standard InChI is InChI=1S/C11H8NO4.ClH.Hg/c13-9-6-7-10(14)12(9)16-11(15)8-4-2-1-3-5-8;;/h1-2,4-5H,6-7H2;1H;/q;;+1/p-1. The van der Waals surface area contributed by atoms with Crippen LogP contribution in [0.3, 0.4) is 0 Å². The van der Waals surface area contributed by atoms with Gasteiger partial charge in [0.25, 0.3) is 0 Å². The molecule has 2 rings (SSSR count). The van der Waals surface area contributed by atoms with Gasteiger partial charge in [-0.2, -0.15) is 0 Å². The van der Waals surface area contributed by atoms with Gasteiger partial charge in [-0.15, -0.1) is 0 Å². The normalized spacial score (nSPS) is 14.6. The minimum atomic E-state index is -1.59. The van der Waals surface area contributed by atoms with Crippen molar-refractivity contribution < 1.29 is 42.6 Å². The molecule has 1 aliphatic rings. The topological polar surface area (TPSA) is 63.7 Å². The van der Waals surface area contributed by atoms with Crippen LogP contribution in [0.5, 0.6) is 0 Å². The third kappa shape index (κ3) is 2.89. The summed E-state index contributed by atoms with van der Waals surface area (Å²) in [5.74, 6) is -1.68. The van der Waals surface area contributed by atoms with Crippen molar-refractivity contribution in [2.45, 2.75) is 12.8 Å². The van der Waals surface area contributed by atoms with Crippen LogP contribution in [0.1, 0.15) is 23.2 Å². The second-order valence-corrected chi connectivity index (χ2v) is 10.4. The summed E-state index contributed by atoms with van der Waals surface area (Å²) in [4.78, 5) is 39.2. The number of nitrogens with zero attached hydrogens (tertiary/aromatic N) is 1. The molecule has 0 atom stereocenters. The molecule has 0 unspecified atom stereocenters. The van der Waals surface area contributed by atoms with Crippen LogP contribution in [-0.4, -0.2) is 22.8 Å². The van der Waals surface area contributed by atoms with Crippen molar-refractivity contribution in [1.29, 1.82) is 0 Å². The number of halogens is 1. The van der Waals surface area contributed by atoms with Gasteiger partial charge in [-0.1, -0.05) is 0 Å². The number of carbonyl (C=O) groups excluding carboxylic acids is 3. The van der Waals surface area contributed by atoms with Gasteiger partial charge in [0.15, 0.2) is 0 Å². The van der Waals surface area contributed by atoms with Crippen molar-refractivity contribution in [3.05, 3.63) is 29.8 Å². The van der Waals surface area contributed by atoms with Crippen molar-refractivity contribution in [1.82, 2.24) is 5.06 Å². The maximum absolute atomic E-state index is 11.8. The molecule has 1 aromatic carbocycles. The zero-order valence-electron chi connectivity index (χ0n) is 9.39. The fourth-order valence-electron chi connectivity index (χ4n) is 1.57. The first kappa shape index (κ1) is 13.5. The molecule has 90 valence electrons. The summed E-state index contributed by atoms with van der Waals surface area (Å²) in [6.07, 6.45) is 0.176. The molecule has 18 heavy (non-hydrogen) atoms. The fraction of sp³-hybridized carbons (Fsp3) is 0.182. The van der Waals surface area contributed by atoms with Crippen LogP contribution in [-0.2, 0) is 37.8 Å². The number of imide groups is 1. The molecule has 0 spiro atoms. The van der Waals surface area contributed by atoms with E-state index in [0.29, 0.717) is 10.6 Å². The first-order valence-electron chi connectivity index (χ1n) is 5.35. The predicted molar refractivity (Wildman–Crippen MR) is 58.4 cm³/mol. The third-order valence-electron chi connectivity index (χ3n) is 2.50. The summed E-state index contributed by atoms with van der Waals surface area (Å²) in [7, 11) is 5.87. The first-order valence-corrected chi connectivity index (χ1v) is 14.9. The van der Waals surface area contributed by atoms with Crippen molar-refractivity contribution in [2.24, 2.45) is 0 Å². The van der Waals surface area contributed by atoms with E-state index < -0.39 is 41.1 Å². The Balaban J connectivity index is 2.12. The Bertz CT molecular complexity index is 504. The number of carbonyl (C=O) groups is 3. The molecule has 0 N–H and O–H groups in total. The molecule has 0 aliphatic carbocycles. The molecule has 5 nitrogen and oxygen atoms in total. The molecule has 1 saturated heterocycles. The van der Waals surface area contributed by atoms with Gasteiger partial charge in [0.05, 0.1) is 0 Å². The molecule has 1 heterocycles. The second kappa shape index (κ2) is 5.80. The molecule has 0 aromatic heterocycles. The van der Waals surface area contributed by atoms with Gasteiger partial charge in [0.1, 0.15) is 0 Å². The summed E-state index contributed by atoms with van der Waals surface area (Å²) in [6, 6.07) is 6.79. The van der Waals surface area contributed by atoms with Crippen LogP contribution in [0.15, 0.2) is 24.3 Å². The van der Waals surface area contributed by atoms with Crippen molar-refractivity contribution in [3.63, 3.8) is 0 Å². The number of hydrogen-bond donors (Lipinski definition) is 0. The minimum absolute atomic E-state index is 0.0882. The molecule has 1 fully saturated rings. The van der Waals surface area contributed by atoms with Crippen LogP contribution in [0, 0.1) is 0 Å². The molecular formula is C11H8ClHgNO4. The zero-order chi connectivity index (χ0) is 13.1. The van der Waals surface area contributed by atoms with Crippen molar-refractivity contribution in [2.75, 3.05) is 0 Å². The monoisotopic (exact) mass is 455 g/mol. The van der Waals surface area contributed by atoms with E-state index in [1.54, 1.807) is 18.2 Å². The quantitative estimate of drug-likeness (QED) is 0.500. The van der Waals surface area contributed by atoms with E-state index in [2.05, 4.69) is 0 Å². The van der Waals surface area contributed by atoms with Gasteiger partial charge in [-0.05, 0) is 0 Å². The van der Waals surface area contributed by atoms with Crippen molar-refractivity contribution >= 4 is 29.1 Å². The average Bonchev–Trinajstić information content (AvgIpc) is 2.70. The van der Waals surface area contributed by atoms with E-state index >= 15 is 0 Å².